The summed E-state index contributed by atoms with van der Waals surface area (Å²) < 4.78 is 0. The Kier molecular flexibility index (Phi) is 2.66. The molecule has 0 aliphatic heterocycles. The maximum atomic E-state index is 10.6. The molecule has 0 unspecified atom stereocenters. The summed E-state index contributed by atoms with van der Waals surface area (Å²) in [6, 6.07) is 5.89. The van der Waals surface area contributed by atoms with E-state index in [2.05, 4.69) is 4.98 Å². The molecule has 0 saturated carbocycles. The van der Waals surface area contributed by atoms with Crippen LogP contribution in [0.4, 0.5) is 0 Å². The van der Waals surface area contributed by atoms with E-state index in [1.165, 1.54) is 0 Å². The summed E-state index contributed by atoms with van der Waals surface area (Å²) >= 11 is 0. The number of benzene rings is 1. The summed E-state index contributed by atoms with van der Waals surface area (Å²) in [4.78, 5) is 13.6. The maximum absolute atomic E-state index is 10.6. The van der Waals surface area contributed by atoms with Crippen molar-refractivity contribution in [3.8, 4) is 0 Å². The van der Waals surface area contributed by atoms with E-state index in [9.17, 15) is 9.90 Å². The quantitative estimate of drug-likeness (QED) is 0.731. The second kappa shape index (κ2) is 3.98. The Labute approximate surface area is 92.5 Å². The molecule has 1 aromatic heterocycles. The number of aromatic nitrogens is 1. The van der Waals surface area contributed by atoms with Crippen molar-refractivity contribution in [3.63, 3.8) is 0 Å². The van der Waals surface area contributed by atoms with E-state index in [1.807, 2.05) is 25.1 Å². The van der Waals surface area contributed by atoms with Gasteiger partial charge in [-0.25, -0.2) is 4.79 Å². The van der Waals surface area contributed by atoms with Crippen LogP contribution in [0.5, 0.6) is 0 Å². The van der Waals surface area contributed by atoms with Gasteiger partial charge in [-0.3, -0.25) is 0 Å². The SMILES string of the molecule is Cc1ccc2c(C[C@H](O)C(=O)O)c[nH]c2c1. The molecule has 1 atom stereocenters. The predicted octanol–water partition coefficient (Wildman–Crippen LogP) is 1.46. The van der Waals surface area contributed by atoms with Crippen LogP contribution in [0.2, 0.25) is 0 Å². The second-order valence-corrected chi connectivity index (χ2v) is 3.92. The van der Waals surface area contributed by atoms with Crippen molar-refractivity contribution in [1.82, 2.24) is 4.98 Å². The van der Waals surface area contributed by atoms with Gasteiger partial charge in [-0.1, -0.05) is 12.1 Å². The number of carbonyl (C=O) groups is 1. The molecule has 0 aliphatic carbocycles. The van der Waals surface area contributed by atoms with Crippen LogP contribution in [-0.4, -0.2) is 27.3 Å². The van der Waals surface area contributed by atoms with Crippen LogP contribution < -0.4 is 0 Å². The minimum Gasteiger partial charge on any atom is -0.479 e. The van der Waals surface area contributed by atoms with E-state index in [1.54, 1.807) is 6.20 Å². The van der Waals surface area contributed by atoms with E-state index in [0.717, 1.165) is 22.0 Å². The Bertz CT molecular complexity index is 530. The van der Waals surface area contributed by atoms with Crippen LogP contribution in [0.1, 0.15) is 11.1 Å². The first kappa shape index (κ1) is 10.7. The van der Waals surface area contributed by atoms with Crippen molar-refractivity contribution in [2.45, 2.75) is 19.4 Å². The van der Waals surface area contributed by atoms with Gasteiger partial charge in [0.15, 0.2) is 6.10 Å². The number of aliphatic hydroxyl groups excluding tert-OH is 1. The number of carboxylic acids is 1. The number of hydrogen-bond donors (Lipinski definition) is 3. The lowest BCUT2D eigenvalue weighted by atomic mass is 10.1. The van der Waals surface area contributed by atoms with Gasteiger partial charge in [0, 0.05) is 23.5 Å². The number of aromatic amines is 1. The van der Waals surface area contributed by atoms with E-state index >= 15 is 0 Å². The summed E-state index contributed by atoms with van der Waals surface area (Å²) in [7, 11) is 0. The van der Waals surface area contributed by atoms with Gasteiger partial charge in [-0.05, 0) is 24.1 Å². The first-order valence-electron chi connectivity index (χ1n) is 5.05. The molecular weight excluding hydrogens is 206 g/mol. The fraction of sp³-hybridized carbons (Fsp3) is 0.250. The highest BCUT2D eigenvalue weighted by atomic mass is 16.4. The summed E-state index contributed by atoms with van der Waals surface area (Å²) in [6.07, 6.45) is 0.523. The molecule has 4 heteroatoms. The summed E-state index contributed by atoms with van der Waals surface area (Å²) in [5.74, 6) is -1.19. The Hall–Kier alpha value is -1.81. The number of aliphatic carboxylic acids is 1. The first-order valence-corrected chi connectivity index (χ1v) is 5.05. The van der Waals surface area contributed by atoms with Crippen LogP contribution >= 0.6 is 0 Å². The van der Waals surface area contributed by atoms with E-state index < -0.39 is 12.1 Å². The van der Waals surface area contributed by atoms with Crippen molar-refractivity contribution in [1.29, 1.82) is 0 Å². The molecule has 0 spiro atoms. The van der Waals surface area contributed by atoms with Crippen molar-refractivity contribution in [2.75, 3.05) is 0 Å². The molecule has 0 fully saturated rings. The van der Waals surface area contributed by atoms with Gasteiger partial charge >= 0.3 is 5.97 Å². The zero-order chi connectivity index (χ0) is 11.7. The highest BCUT2D eigenvalue weighted by molar-refractivity contribution is 5.84. The first-order chi connectivity index (χ1) is 7.58. The largest absolute Gasteiger partial charge is 0.479 e. The van der Waals surface area contributed by atoms with Crippen LogP contribution in [-0.2, 0) is 11.2 Å². The number of fused-ring (bicyclic) bond motifs is 1. The Morgan fingerprint density at radius 3 is 2.94 bits per heavy atom. The zero-order valence-electron chi connectivity index (χ0n) is 8.90. The molecule has 0 aliphatic rings. The molecule has 84 valence electrons. The summed E-state index contributed by atoms with van der Waals surface area (Å²) in [5, 5.41) is 18.9. The van der Waals surface area contributed by atoms with Gasteiger partial charge in [0.2, 0.25) is 0 Å². The van der Waals surface area contributed by atoms with Gasteiger partial charge in [0.05, 0.1) is 0 Å². The molecule has 4 nitrogen and oxygen atoms in total. The molecule has 0 saturated heterocycles. The molecule has 2 aromatic rings. The molecule has 1 heterocycles. The topological polar surface area (TPSA) is 73.3 Å². The van der Waals surface area contributed by atoms with Gasteiger partial charge in [-0.15, -0.1) is 0 Å². The lowest BCUT2D eigenvalue weighted by Gasteiger charge is -2.03. The molecule has 3 N–H and O–H groups in total. The van der Waals surface area contributed by atoms with Crippen LogP contribution in [0.25, 0.3) is 10.9 Å². The third kappa shape index (κ3) is 1.92. The number of rotatable bonds is 3. The van der Waals surface area contributed by atoms with E-state index in [-0.39, 0.29) is 6.42 Å². The molecule has 16 heavy (non-hydrogen) atoms. The average Bonchev–Trinajstić information content (AvgIpc) is 2.60. The average molecular weight is 219 g/mol. The zero-order valence-corrected chi connectivity index (χ0v) is 8.90. The minimum atomic E-state index is -1.35. The number of H-pyrrole nitrogens is 1. The third-order valence-corrected chi connectivity index (χ3v) is 2.62. The van der Waals surface area contributed by atoms with Crippen molar-refractivity contribution in [2.24, 2.45) is 0 Å². The smallest absolute Gasteiger partial charge is 0.332 e. The molecule has 0 amide bonds. The van der Waals surface area contributed by atoms with Gasteiger partial charge in [0.25, 0.3) is 0 Å². The Morgan fingerprint density at radius 1 is 1.50 bits per heavy atom. The Balaban J connectivity index is 2.35. The lowest BCUT2D eigenvalue weighted by molar-refractivity contribution is -0.146. The molecule has 1 aromatic carbocycles. The number of aryl methyl sites for hydroxylation is 1. The standard InChI is InChI=1S/C12H13NO3/c1-7-2-3-9-8(5-11(14)12(15)16)6-13-10(9)4-7/h2-4,6,11,13-14H,5H2,1H3,(H,15,16)/t11-/m0/s1. The number of nitrogens with one attached hydrogen (secondary N) is 1. The second-order valence-electron chi connectivity index (χ2n) is 3.92. The number of aliphatic hydroxyl groups is 1. The van der Waals surface area contributed by atoms with Gasteiger partial charge in [-0.2, -0.15) is 0 Å². The third-order valence-electron chi connectivity index (χ3n) is 2.62. The van der Waals surface area contributed by atoms with Crippen LogP contribution in [0, 0.1) is 6.92 Å². The number of hydrogen-bond acceptors (Lipinski definition) is 2. The molecular formula is C12H13NO3. The van der Waals surface area contributed by atoms with Crippen LogP contribution in [0.3, 0.4) is 0 Å². The fourth-order valence-electron chi connectivity index (χ4n) is 1.76. The van der Waals surface area contributed by atoms with Crippen molar-refractivity contribution in [3.05, 3.63) is 35.5 Å². The Morgan fingerprint density at radius 2 is 2.25 bits per heavy atom. The monoisotopic (exact) mass is 219 g/mol. The van der Waals surface area contributed by atoms with Gasteiger partial charge < -0.3 is 15.2 Å². The van der Waals surface area contributed by atoms with Crippen LogP contribution in [0.15, 0.2) is 24.4 Å². The molecule has 0 bridgehead atoms. The normalized spacial score (nSPS) is 12.9. The maximum Gasteiger partial charge on any atom is 0.332 e. The summed E-state index contributed by atoms with van der Waals surface area (Å²) in [6.45, 7) is 1.99. The molecule has 0 radical (unpaired) electrons. The highest BCUT2D eigenvalue weighted by Crippen LogP contribution is 2.20. The van der Waals surface area contributed by atoms with E-state index in [0.29, 0.717) is 0 Å². The minimum absolute atomic E-state index is 0.123. The predicted molar refractivity (Wildman–Crippen MR) is 60.4 cm³/mol. The van der Waals surface area contributed by atoms with Crippen molar-refractivity contribution < 1.29 is 15.0 Å². The van der Waals surface area contributed by atoms with E-state index in [4.69, 9.17) is 5.11 Å². The molecule has 2 rings (SSSR count). The van der Waals surface area contributed by atoms with Gasteiger partial charge in [0.1, 0.15) is 0 Å². The highest BCUT2D eigenvalue weighted by Gasteiger charge is 2.15. The summed E-state index contributed by atoms with van der Waals surface area (Å²) in [5.41, 5.74) is 2.93. The lowest BCUT2D eigenvalue weighted by Crippen LogP contribution is -2.21. The van der Waals surface area contributed by atoms with Crippen molar-refractivity contribution >= 4 is 16.9 Å². The fourth-order valence-corrected chi connectivity index (χ4v) is 1.76. The number of carboxylic acid groups (broad SMARTS) is 1.